The molecule has 0 aliphatic carbocycles. The van der Waals surface area contributed by atoms with Gasteiger partial charge in [-0.2, -0.15) is 0 Å². The number of likely N-dealkylation sites (tertiary alicyclic amines) is 1. The zero-order valence-electron chi connectivity index (χ0n) is 12.1. The van der Waals surface area contributed by atoms with Gasteiger partial charge in [0.1, 0.15) is 6.10 Å². The van der Waals surface area contributed by atoms with Gasteiger partial charge in [-0.15, -0.1) is 0 Å². The minimum Gasteiger partial charge on any atom is -0.474 e. The smallest absolute Gasteiger partial charge is 0.214 e. The Balaban J connectivity index is 1.83. The number of piperidine rings is 1. The molecule has 0 radical (unpaired) electrons. The van der Waals surface area contributed by atoms with E-state index in [1.54, 1.807) is 0 Å². The molecule has 0 spiro atoms. The second kappa shape index (κ2) is 5.29. The second-order valence-electron chi connectivity index (χ2n) is 5.67. The highest BCUT2D eigenvalue weighted by Crippen LogP contribution is 2.25. The third kappa shape index (κ3) is 2.70. The molecule has 0 unspecified atom stereocenters. The molecule has 1 aromatic carbocycles. The summed E-state index contributed by atoms with van der Waals surface area (Å²) < 4.78 is 6.05. The lowest BCUT2D eigenvalue weighted by molar-refractivity contribution is 0.110. The van der Waals surface area contributed by atoms with Gasteiger partial charge >= 0.3 is 0 Å². The Hall–Kier alpha value is -1.81. The number of pyridine rings is 1. The number of hydrogen-bond donors (Lipinski definition) is 1. The number of rotatable bonds is 2. The van der Waals surface area contributed by atoms with Crippen molar-refractivity contribution in [1.29, 1.82) is 0 Å². The average Bonchev–Trinajstić information content (AvgIpc) is 2.42. The molecule has 0 amide bonds. The van der Waals surface area contributed by atoms with E-state index in [-0.39, 0.29) is 6.10 Å². The van der Waals surface area contributed by atoms with E-state index in [1.807, 2.05) is 24.3 Å². The van der Waals surface area contributed by atoms with E-state index in [9.17, 15) is 0 Å². The normalized spacial score (nSPS) is 17.5. The Morgan fingerprint density at radius 3 is 2.75 bits per heavy atom. The zero-order chi connectivity index (χ0) is 14.1. The molecule has 106 valence electrons. The number of nitrogens with zero attached hydrogens (tertiary/aromatic N) is 2. The molecule has 2 heterocycles. The van der Waals surface area contributed by atoms with Crippen LogP contribution in [-0.4, -0.2) is 36.1 Å². The first-order valence-electron chi connectivity index (χ1n) is 7.14. The lowest BCUT2D eigenvalue weighted by Gasteiger charge is -2.29. The summed E-state index contributed by atoms with van der Waals surface area (Å²) in [5, 5.41) is 1.10. The number of anilines is 1. The first kappa shape index (κ1) is 13.2. The molecule has 2 aromatic rings. The molecule has 4 nitrogen and oxygen atoms in total. The topological polar surface area (TPSA) is 51.4 Å². The molecular formula is C16H21N3O. The van der Waals surface area contributed by atoms with Gasteiger partial charge in [0.2, 0.25) is 5.88 Å². The molecule has 1 fully saturated rings. The third-order valence-corrected chi connectivity index (χ3v) is 3.97. The molecule has 4 heteroatoms. The van der Waals surface area contributed by atoms with Crippen LogP contribution in [0.4, 0.5) is 5.69 Å². The molecule has 1 aliphatic rings. The SMILES string of the molecule is Cc1cc(OC2CCN(C)CC2)nc2ccc(N)cc12. The molecular weight excluding hydrogens is 250 g/mol. The van der Waals surface area contributed by atoms with Crippen molar-refractivity contribution in [2.24, 2.45) is 0 Å². The van der Waals surface area contributed by atoms with Gasteiger partial charge in [0.15, 0.2) is 0 Å². The van der Waals surface area contributed by atoms with Crippen LogP contribution in [0.15, 0.2) is 24.3 Å². The number of aromatic nitrogens is 1. The third-order valence-electron chi connectivity index (χ3n) is 3.97. The van der Waals surface area contributed by atoms with Crippen molar-refractivity contribution in [2.75, 3.05) is 25.9 Å². The predicted molar refractivity (Wildman–Crippen MR) is 82.0 cm³/mol. The summed E-state index contributed by atoms with van der Waals surface area (Å²) in [6, 6.07) is 7.82. The molecule has 3 rings (SSSR count). The maximum absolute atomic E-state index is 6.05. The van der Waals surface area contributed by atoms with Crippen LogP contribution in [0, 0.1) is 6.92 Å². The molecule has 1 aromatic heterocycles. The summed E-state index contributed by atoms with van der Waals surface area (Å²) in [4.78, 5) is 6.93. The van der Waals surface area contributed by atoms with Crippen molar-refractivity contribution < 1.29 is 4.74 Å². The van der Waals surface area contributed by atoms with Crippen LogP contribution in [0.5, 0.6) is 5.88 Å². The standard InChI is InChI=1S/C16H21N3O/c1-11-9-16(20-13-5-7-19(2)8-6-13)18-15-4-3-12(17)10-14(11)15/h3-4,9-10,13H,5-8,17H2,1-2H3. The fraction of sp³-hybridized carbons (Fsp3) is 0.438. The van der Waals surface area contributed by atoms with Gasteiger partial charge in [0.25, 0.3) is 0 Å². The van der Waals surface area contributed by atoms with E-state index in [4.69, 9.17) is 10.5 Å². The highest BCUT2D eigenvalue weighted by Gasteiger charge is 2.18. The van der Waals surface area contributed by atoms with Gasteiger partial charge in [-0.25, -0.2) is 4.98 Å². The molecule has 1 aliphatic heterocycles. The van der Waals surface area contributed by atoms with Crippen molar-refractivity contribution in [3.05, 3.63) is 29.8 Å². The van der Waals surface area contributed by atoms with Gasteiger partial charge in [-0.1, -0.05) is 0 Å². The highest BCUT2D eigenvalue weighted by molar-refractivity contribution is 5.85. The lowest BCUT2D eigenvalue weighted by atomic mass is 10.1. The fourth-order valence-electron chi connectivity index (χ4n) is 2.71. The fourth-order valence-corrected chi connectivity index (χ4v) is 2.71. The highest BCUT2D eigenvalue weighted by atomic mass is 16.5. The van der Waals surface area contributed by atoms with Crippen molar-refractivity contribution in [3.63, 3.8) is 0 Å². The maximum Gasteiger partial charge on any atom is 0.214 e. The average molecular weight is 271 g/mol. The number of benzene rings is 1. The molecule has 20 heavy (non-hydrogen) atoms. The Morgan fingerprint density at radius 2 is 2.00 bits per heavy atom. The van der Waals surface area contributed by atoms with E-state index in [0.717, 1.165) is 54.0 Å². The summed E-state index contributed by atoms with van der Waals surface area (Å²) in [5.41, 5.74) is 8.70. The Kier molecular flexibility index (Phi) is 3.49. The number of nitrogen functional groups attached to an aromatic ring is 1. The maximum atomic E-state index is 6.05. The predicted octanol–water partition coefficient (Wildman–Crippen LogP) is 2.60. The Labute approximate surface area is 119 Å². The van der Waals surface area contributed by atoms with E-state index >= 15 is 0 Å². The second-order valence-corrected chi connectivity index (χ2v) is 5.67. The summed E-state index contributed by atoms with van der Waals surface area (Å²) in [6.45, 7) is 4.26. The lowest BCUT2D eigenvalue weighted by Crippen LogP contribution is -2.35. The van der Waals surface area contributed by atoms with E-state index in [0.29, 0.717) is 0 Å². The molecule has 0 saturated carbocycles. The van der Waals surface area contributed by atoms with Crippen molar-refractivity contribution in [1.82, 2.24) is 9.88 Å². The Bertz CT molecular complexity index is 618. The van der Waals surface area contributed by atoms with Crippen LogP contribution < -0.4 is 10.5 Å². The van der Waals surface area contributed by atoms with Crippen LogP contribution in [0.3, 0.4) is 0 Å². The number of ether oxygens (including phenoxy) is 1. The molecule has 0 atom stereocenters. The van der Waals surface area contributed by atoms with Gasteiger partial charge in [-0.3, -0.25) is 0 Å². The van der Waals surface area contributed by atoms with Crippen LogP contribution in [0.2, 0.25) is 0 Å². The van der Waals surface area contributed by atoms with Crippen molar-refractivity contribution in [2.45, 2.75) is 25.9 Å². The molecule has 0 bridgehead atoms. The van der Waals surface area contributed by atoms with Gasteiger partial charge < -0.3 is 15.4 Å². The molecule has 2 N–H and O–H groups in total. The van der Waals surface area contributed by atoms with Crippen LogP contribution in [0.1, 0.15) is 18.4 Å². The largest absolute Gasteiger partial charge is 0.474 e. The van der Waals surface area contributed by atoms with Gasteiger partial charge in [0.05, 0.1) is 5.52 Å². The van der Waals surface area contributed by atoms with Gasteiger partial charge in [0, 0.05) is 30.2 Å². The van der Waals surface area contributed by atoms with Gasteiger partial charge in [-0.05, 0) is 50.6 Å². The summed E-state index contributed by atoms with van der Waals surface area (Å²) >= 11 is 0. The number of hydrogen-bond acceptors (Lipinski definition) is 4. The van der Waals surface area contributed by atoms with E-state index in [2.05, 4.69) is 23.9 Å². The van der Waals surface area contributed by atoms with Crippen LogP contribution in [-0.2, 0) is 0 Å². The monoisotopic (exact) mass is 271 g/mol. The summed E-state index contributed by atoms with van der Waals surface area (Å²) in [7, 11) is 2.15. The summed E-state index contributed by atoms with van der Waals surface area (Å²) in [5.74, 6) is 0.731. The minimum atomic E-state index is 0.282. The van der Waals surface area contributed by atoms with Crippen LogP contribution >= 0.6 is 0 Å². The first-order valence-corrected chi connectivity index (χ1v) is 7.14. The number of nitrogens with two attached hydrogens (primary N) is 1. The molecule has 1 saturated heterocycles. The number of fused-ring (bicyclic) bond motifs is 1. The Morgan fingerprint density at radius 1 is 1.25 bits per heavy atom. The van der Waals surface area contributed by atoms with E-state index < -0.39 is 0 Å². The number of aryl methyl sites for hydroxylation is 1. The van der Waals surface area contributed by atoms with Crippen molar-refractivity contribution in [3.8, 4) is 5.88 Å². The van der Waals surface area contributed by atoms with Crippen molar-refractivity contribution >= 4 is 16.6 Å². The first-order chi connectivity index (χ1) is 9.61. The van der Waals surface area contributed by atoms with Crippen LogP contribution in [0.25, 0.3) is 10.9 Å². The zero-order valence-corrected chi connectivity index (χ0v) is 12.1. The van der Waals surface area contributed by atoms with E-state index in [1.165, 1.54) is 0 Å². The summed E-state index contributed by atoms with van der Waals surface area (Å²) in [6.07, 6.45) is 2.41. The quantitative estimate of drug-likeness (QED) is 0.853. The minimum absolute atomic E-state index is 0.282.